The molecule has 9 nitrogen and oxygen atoms in total. The largest absolute Gasteiger partial charge is 2.00 e. The molecule has 4 rings (SSSR count). The van der Waals surface area contributed by atoms with Gasteiger partial charge in [0.1, 0.15) is 30.1 Å². The summed E-state index contributed by atoms with van der Waals surface area (Å²) in [6, 6.07) is 17.8. The number of hydrogen-bond donors (Lipinski definition) is 4. The van der Waals surface area contributed by atoms with Crippen molar-refractivity contribution in [2.75, 3.05) is 6.61 Å². The maximum Gasteiger partial charge on any atom is 2.00 e. The molecule has 1 aromatic heterocycles. The minimum absolute atomic E-state index is 0. The molecule has 0 aliphatic carbocycles. The van der Waals surface area contributed by atoms with Crippen LogP contribution in [-0.4, -0.2) is 72.7 Å². The first-order valence-electron chi connectivity index (χ1n) is 9.27. The van der Waals surface area contributed by atoms with E-state index < -0.39 is 37.3 Å². The Balaban J connectivity index is 0.000000468. The van der Waals surface area contributed by atoms with Gasteiger partial charge in [-0.2, -0.15) is 30.3 Å². The van der Waals surface area contributed by atoms with Crippen molar-refractivity contribution in [3.05, 3.63) is 72.1 Å². The monoisotopic (exact) mass is 459 g/mol. The molecule has 2 heterocycles. The topological polar surface area (TPSA) is 130 Å². The second-order valence-electron chi connectivity index (χ2n) is 6.67. The van der Waals surface area contributed by atoms with Gasteiger partial charge >= 0.3 is 17.1 Å². The molecule has 1 aliphatic heterocycles. The molecule has 0 amide bonds. The number of aliphatic hydroxyl groups excluding tert-OH is 4. The summed E-state index contributed by atoms with van der Waals surface area (Å²) in [4.78, 5) is 0. The summed E-state index contributed by atoms with van der Waals surface area (Å²) in [5.41, 5.74) is 1.62. The van der Waals surface area contributed by atoms with E-state index in [9.17, 15) is 15.3 Å². The molecule has 2 aromatic carbocycles. The average molecular weight is 459 g/mol. The first kappa shape index (κ1) is 24.4. The number of ether oxygens (including phenoxy) is 2. The Kier molecular flexibility index (Phi) is 9.83. The van der Waals surface area contributed by atoms with Gasteiger partial charge in [-0.3, -0.25) is 0 Å². The molecule has 5 atom stereocenters. The van der Waals surface area contributed by atoms with Crippen LogP contribution in [0.2, 0.25) is 0 Å². The van der Waals surface area contributed by atoms with Gasteiger partial charge in [0, 0.05) is 6.54 Å². The fraction of sp³-hybridized carbons (Fsp3) is 0.400. The summed E-state index contributed by atoms with van der Waals surface area (Å²) in [7, 11) is 0. The Labute approximate surface area is 184 Å². The fourth-order valence-electron chi connectivity index (χ4n) is 2.88. The van der Waals surface area contributed by atoms with Crippen LogP contribution < -0.4 is 0 Å². The van der Waals surface area contributed by atoms with Crippen LogP contribution >= 0.6 is 0 Å². The van der Waals surface area contributed by atoms with Crippen LogP contribution in [0.4, 0.5) is 0 Å². The van der Waals surface area contributed by atoms with E-state index in [0.717, 1.165) is 5.56 Å². The number of hydrogen-bond acceptors (Lipinski definition) is 8. The van der Waals surface area contributed by atoms with Crippen molar-refractivity contribution in [3.8, 4) is 0 Å². The number of rotatable bonds is 6. The fourth-order valence-corrected chi connectivity index (χ4v) is 2.88. The van der Waals surface area contributed by atoms with Crippen molar-refractivity contribution in [1.29, 1.82) is 0 Å². The molecule has 1 fully saturated rings. The Morgan fingerprint density at radius 1 is 1.07 bits per heavy atom. The maximum absolute atomic E-state index is 9.89. The average Bonchev–Trinajstić information content (AvgIpc) is 3.50. The first-order valence-corrected chi connectivity index (χ1v) is 9.27. The third kappa shape index (κ3) is 6.56. The van der Waals surface area contributed by atoms with Crippen molar-refractivity contribution in [3.63, 3.8) is 0 Å². The summed E-state index contributed by atoms with van der Waals surface area (Å²) in [6.45, 7) is 0.0877. The van der Waals surface area contributed by atoms with Gasteiger partial charge in [-0.05, 0) is 0 Å². The molecule has 1 saturated heterocycles. The van der Waals surface area contributed by atoms with E-state index in [-0.39, 0.29) is 23.7 Å². The van der Waals surface area contributed by atoms with Crippen LogP contribution in [0.15, 0.2) is 60.8 Å². The SMILES string of the molecule is OC[C@H]1O[C@H](OCc2cn(Cc3ccc[cH-]3)nn2)[C@@H](O)[C@@H](O)[C@@H]1O.[Fe+2].c1cc[cH-]c1. The van der Waals surface area contributed by atoms with E-state index in [4.69, 9.17) is 14.6 Å². The molecule has 30 heavy (non-hydrogen) atoms. The summed E-state index contributed by atoms with van der Waals surface area (Å²) >= 11 is 0. The molecular weight excluding hydrogens is 434 g/mol. The molecule has 0 saturated carbocycles. The normalized spacial score (nSPS) is 25.8. The van der Waals surface area contributed by atoms with Crippen LogP contribution in [0, 0.1) is 0 Å². The Morgan fingerprint density at radius 2 is 1.83 bits per heavy atom. The molecule has 0 spiro atoms. The quantitative estimate of drug-likeness (QED) is 0.294. The van der Waals surface area contributed by atoms with Crippen molar-refractivity contribution >= 4 is 0 Å². The Bertz CT molecular complexity index is 791. The van der Waals surface area contributed by atoms with Crippen molar-refractivity contribution in [1.82, 2.24) is 15.0 Å². The first-order chi connectivity index (χ1) is 14.1. The molecular formula is C20H25FeN3O6. The molecule has 164 valence electrons. The molecule has 1 aliphatic rings. The van der Waals surface area contributed by atoms with Crippen molar-refractivity contribution in [2.45, 2.75) is 43.9 Å². The van der Waals surface area contributed by atoms with E-state index in [1.807, 2.05) is 54.6 Å². The second kappa shape index (κ2) is 12.1. The molecule has 0 bridgehead atoms. The summed E-state index contributed by atoms with van der Waals surface area (Å²) in [6.07, 6.45) is -4.77. The molecule has 0 radical (unpaired) electrons. The number of aromatic nitrogens is 3. The predicted octanol–water partition coefficient (Wildman–Crippen LogP) is -0.235. The standard InChI is InChI=1S/C15H20N3O6.C5H5.Fe/c19-7-11-12(20)13(21)14(22)15(24-11)23-8-10-6-18(17-16-10)5-9-3-1-2-4-9;1-2-4-5-3-1;/h1-4,6,11-15,19-22H,5,7-8H2;1-5H;/q2*-1;+2/t11-,12-,13+,14+,15+;;/m1../s1. The zero-order valence-electron chi connectivity index (χ0n) is 16.1. The molecule has 3 aromatic rings. The van der Waals surface area contributed by atoms with E-state index in [1.54, 1.807) is 10.9 Å². The third-order valence-electron chi connectivity index (χ3n) is 4.46. The van der Waals surface area contributed by atoms with Crippen LogP contribution in [0.5, 0.6) is 0 Å². The molecule has 4 N–H and O–H groups in total. The van der Waals surface area contributed by atoms with Crippen LogP contribution in [-0.2, 0) is 39.7 Å². The minimum atomic E-state index is -1.46. The van der Waals surface area contributed by atoms with Crippen LogP contribution in [0.3, 0.4) is 0 Å². The smallest absolute Gasteiger partial charge is 0.394 e. The number of nitrogens with zero attached hydrogens (tertiary/aromatic N) is 3. The van der Waals surface area contributed by atoms with Crippen LogP contribution in [0.1, 0.15) is 11.3 Å². The molecule has 0 unspecified atom stereocenters. The van der Waals surface area contributed by atoms with Gasteiger partial charge in [-0.1, -0.05) is 5.21 Å². The van der Waals surface area contributed by atoms with Gasteiger partial charge in [0.05, 0.1) is 19.4 Å². The van der Waals surface area contributed by atoms with Gasteiger partial charge in [0.15, 0.2) is 6.29 Å². The van der Waals surface area contributed by atoms with Crippen molar-refractivity contribution < 1.29 is 47.0 Å². The van der Waals surface area contributed by atoms with Gasteiger partial charge in [-0.25, -0.2) is 28.9 Å². The Morgan fingerprint density at radius 3 is 2.43 bits per heavy atom. The zero-order chi connectivity index (χ0) is 20.6. The second-order valence-corrected chi connectivity index (χ2v) is 6.67. The van der Waals surface area contributed by atoms with E-state index in [1.165, 1.54) is 0 Å². The van der Waals surface area contributed by atoms with E-state index in [2.05, 4.69) is 10.3 Å². The van der Waals surface area contributed by atoms with Crippen molar-refractivity contribution in [2.24, 2.45) is 0 Å². The van der Waals surface area contributed by atoms with Gasteiger partial charge < -0.3 is 29.9 Å². The van der Waals surface area contributed by atoms with E-state index >= 15 is 0 Å². The maximum atomic E-state index is 9.89. The zero-order valence-corrected chi connectivity index (χ0v) is 17.2. The van der Waals surface area contributed by atoms with E-state index in [0.29, 0.717) is 12.2 Å². The number of aliphatic hydroxyl groups is 4. The third-order valence-corrected chi connectivity index (χ3v) is 4.46. The van der Waals surface area contributed by atoms with Gasteiger partial charge in [-0.15, -0.1) is 10.7 Å². The summed E-state index contributed by atoms with van der Waals surface area (Å²) in [5, 5.41) is 46.4. The molecule has 10 heteroatoms. The summed E-state index contributed by atoms with van der Waals surface area (Å²) < 4.78 is 12.3. The van der Waals surface area contributed by atoms with Crippen LogP contribution in [0.25, 0.3) is 0 Å². The van der Waals surface area contributed by atoms with Gasteiger partial charge in [0.2, 0.25) is 0 Å². The summed E-state index contributed by atoms with van der Waals surface area (Å²) in [5.74, 6) is 0. The predicted molar refractivity (Wildman–Crippen MR) is 102 cm³/mol. The minimum Gasteiger partial charge on any atom is -0.394 e. The van der Waals surface area contributed by atoms with Gasteiger partial charge in [0.25, 0.3) is 0 Å². The Hall–Kier alpha value is -1.88.